The maximum absolute atomic E-state index is 12.6. The third-order valence-corrected chi connectivity index (χ3v) is 8.46. The zero-order valence-corrected chi connectivity index (χ0v) is 13.9. The van der Waals surface area contributed by atoms with Crippen LogP contribution in [0.15, 0.2) is 0 Å². The van der Waals surface area contributed by atoms with Crippen LogP contribution in [0.2, 0.25) is 0 Å². The molecule has 1 saturated heterocycles. The lowest BCUT2D eigenvalue weighted by Crippen LogP contribution is -2.50. The van der Waals surface area contributed by atoms with Crippen molar-refractivity contribution in [1.29, 1.82) is 0 Å². The topological polar surface area (TPSA) is 77.9 Å². The fourth-order valence-electron chi connectivity index (χ4n) is 4.92. The zero-order chi connectivity index (χ0) is 15.8. The van der Waals surface area contributed by atoms with Crippen molar-refractivity contribution < 1.29 is 18.4 Å². The summed E-state index contributed by atoms with van der Waals surface area (Å²) in [6.45, 7) is 5.83. The second-order valence-electron chi connectivity index (χ2n) is 7.50. The molecule has 21 heavy (non-hydrogen) atoms. The number of carbonyl (C=O) groups excluding carboxylic acids is 1. The lowest BCUT2D eigenvalue weighted by Gasteiger charge is -2.37. The molecule has 3 aliphatic rings. The normalized spacial score (nSPS) is 40.6. The maximum Gasteiger partial charge on any atom is 0.255 e. The Labute approximate surface area is 126 Å². The van der Waals surface area contributed by atoms with Crippen molar-refractivity contribution in [2.75, 3.05) is 12.8 Å². The summed E-state index contributed by atoms with van der Waals surface area (Å²) in [5.74, 6) is 0.0441. The molecule has 6 nitrogen and oxygen atoms in total. The molecule has 7 heteroatoms. The summed E-state index contributed by atoms with van der Waals surface area (Å²) in [7, 11) is -2.23. The van der Waals surface area contributed by atoms with Crippen LogP contribution >= 0.6 is 0 Å². The van der Waals surface area contributed by atoms with Gasteiger partial charge in [-0.25, -0.2) is 12.7 Å². The summed E-state index contributed by atoms with van der Waals surface area (Å²) in [6.07, 6.45) is 2.69. The fraction of sp³-hybridized carbons (Fsp3) is 0.929. The first-order valence-electron chi connectivity index (χ1n) is 7.52. The second kappa shape index (κ2) is 4.20. The molecule has 0 unspecified atom stereocenters. The average Bonchev–Trinajstić information content (AvgIpc) is 2.83. The summed E-state index contributed by atoms with van der Waals surface area (Å²) >= 11 is 0. The molecule has 0 radical (unpaired) electrons. The molecular weight excluding hydrogens is 292 g/mol. The summed E-state index contributed by atoms with van der Waals surface area (Å²) < 4.78 is 26.3. The van der Waals surface area contributed by atoms with E-state index in [1.807, 2.05) is 0 Å². The van der Waals surface area contributed by atoms with Gasteiger partial charge in [0.1, 0.15) is 6.04 Å². The van der Waals surface area contributed by atoms with Crippen molar-refractivity contribution in [3.63, 3.8) is 0 Å². The fourth-order valence-corrected chi connectivity index (χ4v) is 7.52. The first-order chi connectivity index (χ1) is 9.54. The van der Waals surface area contributed by atoms with Gasteiger partial charge in [0, 0.05) is 12.5 Å². The highest BCUT2D eigenvalue weighted by atomic mass is 32.2. The number of amides is 1. The minimum absolute atomic E-state index is 0.0475. The molecule has 0 aromatic heterocycles. The molecule has 4 atom stereocenters. The van der Waals surface area contributed by atoms with Crippen molar-refractivity contribution in [2.24, 2.45) is 16.7 Å². The molecule has 1 amide bonds. The summed E-state index contributed by atoms with van der Waals surface area (Å²) in [4.78, 5) is 12.6. The number of sulfonamides is 1. The SMILES string of the molecule is C[C@@H](C(=O)N1[C@@H]2C[C@H]3CC[C@]2(CS1(=O)=O)C3(C)C)N(C)O. The van der Waals surface area contributed by atoms with Gasteiger partial charge in [0.2, 0.25) is 10.0 Å². The number of hydrogen-bond acceptors (Lipinski definition) is 5. The molecule has 2 aliphatic carbocycles. The molecule has 1 aliphatic heterocycles. The van der Waals surface area contributed by atoms with Gasteiger partial charge in [-0.2, -0.15) is 5.06 Å². The third kappa shape index (κ3) is 1.71. The molecule has 1 N–H and O–H groups in total. The Balaban J connectivity index is 2.03. The van der Waals surface area contributed by atoms with Gasteiger partial charge in [0.05, 0.1) is 11.8 Å². The molecule has 3 rings (SSSR count). The number of nitrogens with zero attached hydrogens (tertiary/aromatic N) is 2. The van der Waals surface area contributed by atoms with Gasteiger partial charge in [-0.1, -0.05) is 13.8 Å². The van der Waals surface area contributed by atoms with E-state index in [0.717, 1.165) is 28.6 Å². The van der Waals surface area contributed by atoms with Crippen LogP contribution in [-0.4, -0.2) is 53.8 Å². The maximum atomic E-state index is 12.6. The molecule has 1 spiro atoms. The lowest BCUT2D eigenvalue weighted by atomic mass is 9.69. The molecular formula is C14H24N2O4S. The summed E-state index contributed by atoms with van der Waals surface area (Å²) in [6, 6.07) is -1.08. The Morgan fingerprint density at radius 2 is 2.05 bits per heavy atom. The predicted octanol–water partition coefficient (Wildman–Crippen LogP) is 1.06. The van der Waals surface area contributed by atoms with E-state index < -0.39 is 22.0 Å². The van der Waals surface area contributed by atoms with Gasteiger partial charge in [0.25, 0.3) is 5.91 Å². The van der Waals surface area contributed by atoms with Crippen LogP contribution in [0.4, 0.5) is 0 Å². The monoisotopic (exact) mass is 316 g/mol. The minimum atomic E-state index is -3.59. The molecule has 120 valence electrons. The van der Waals surface area contributed by atoms with E-state index in [-0.39, 0.29) is 22.6 Å². The van der Waals surface area contributed by atoms with E-state index >= 15 is 0 Å². The van der Waals surface area contributed by atoms with Crippen LogP contribution < -0.4 is 0 Å². The van der Waals surface area contributed by atoms with E-state index in [9.17, 15) is 18.4 Å². The van der Waals surface area contributed by atoms with E-state index in [4.69, 9.17) is 0 Å². The highest BCUT2D eigenvalue weighted by molar-refractivity contribution is 7.90. The molecule has 0 aromatic rings. The van der Waals surface area contributed by atoms with Gasteiger partial charge in [-0.3, -0.25) is 4.79 Å². The summed E-state index contributed by atoms with van der Waals surface area (Å²) in [5.41, 5.74) is -0.353. The highest BCUT2D eigenvalue weighted by Crippen LogP contribution is 2.69. The number of carbonyl (C=O) groups is 1. The van der Waals surface area contributed by atoms with Gasteiger partial charge in [0.15, 0.2) is 0 Å². The van der Waals surface area contributed by atoms with Gasteiger partial charge in [-0.15, -0.1) is 0 Å². The number of hydroxylamine groups is 2. The second-order valence-corrected chi connectivity index (χ2v) is 9.35. The van der Waals surface area contributed by atoms with Crippen molar-refractivity contribution in [3.8, 4) is 0 Å². The third-order valence-electron chi connectivity index (χ3n) is 6.55. The highest BCUT2D eigenvalue weighted by Gasteiger charge is 2.72. The van der Waals surface area contributed by atoms with E-state index in [1.165, 1.54) is 14.0 Å². The molecule has 2 bridgehead atoms. The van der Waals surface area contributed by atoms with Gasteiger partial charge >= 0.3 is 0 Å². The Hall–Kier alpha value is -0.660. The average molecular weight is 316 g/mol. The molecule has 3 fully saturated rings. The Kier molecular flexibility index (Phi) is 3.05. The van der Waals surface area contributed by atoms with Gasteiger partial charge in [-0.05, 0) is 37.5 Å². The lowest BCUT2D eigenvalue weighted by molar-refractivity contribution is -0.152. The van der Waals surface area contributed by atoms with Crippen LogP contribution in [0, 0.1) is 16.7 Å². The van der Waals surface area contributed by atoms with Crippen molar-refractivity contribution >= 4 is 15.9 Å². The Morgan fingerprint density at radius 1 is 1.43 bits per heavy atom. The van der Waals surface area contributed by atoms with E-state index in [1.54, 1.807) is 0 Å². The van der Waals surface area contributed by atoms with Gasteiger partial charge < -0.3 is 5.21 Å². The molecule has 0 aromatic carbocycles. The first-order valence-corrected chi connectivity index (χ1v) is 9.13. The predicted molar refractivity (Wildman–Crippen MR) is 77.0 cm³/mol. The van der Waals surface area contributed by atoms with Crippen LogP contribution in [0.3, 0.4) is 0 Å². The zero-order valence-electron chi connectivity index (χ0n) is 13.0. The Bertz CT molecular complexity index is 586. The molecule has 2 saturated carbocycles. The van der Waals surface area contributed by atoms with Crippen LogP contribution in [0.5, 0.6) is 0 Å². The van der Waals surface area contributed by atoms with Crippen molar-refractivity contribution in [3.05, 3.63) is 0 Å². The standard InChI is InChI=1S/C14H24N2O4S/c1-9(15(4)18)12(17)16-11-7-10-5-6-14(11,13(10,2)3)8-21(16,19)20/h9-11,18H,5-8H2,1-4H3/t9-,10+,11+,14+/m0/s1. The largest absolute Gasteiger partial charge is 0.314 e. The van der Waals surface area contributed by atoms with Crippen molar-refractivity contribution in [1.82, 2.24) is 9.37 Å². The quantitative estimate of drug-likeness (QED) is 0.771. The van der Waals surface area contributed by atoms with Crippen LogP contribution in [0.1, 0.15) is 40.0 Å². The van der Waals surface area contributed by atoms with E-state index in [2.05, 4.69) is 13.8 Å². The number of fused-ring (bicyclic) bond motifs is 1. The van der Waals surface area contributed by atoms with Crippen LogP contribution in [0.25, 0.3) is 0 Å². The molecule has 1 heterocycles. The number of hydrogen-bond donors (Lipinski definition) is 1. The van der Waals surface area contributed by atoms with Crippen LogP contribution in [-0.2, 0) is 14.8 Å². The minimum Gasteiger partial charge on any atom is -0.314 e. The van der Waals surface area contributed by atoms with E-state index in [0.29, 0.717) is 5.92 Å². The first kappa shape index (κ1) is 15.2. The van der Waals surface area contributed by atoms with Crippen molar-refractivity contribution in [2.45, 2.75) is 52.1 Å². The Morgan fingerprint density at radius 3 is 2.57 bits per heavy atom. The number of likely N-dealkylation sites (N-methyl/N-ethyl adjacent to an activating group) is 1. The number of rotatable bonds is 2. The summed E-state index contributed by atoms with van der Waals surface area (Å²) in [5, 5.41) is 10.3. The smallest absolute Gasteiger partial charge is 0.255 e.